The average molecular weight is 228 g/mol. The Bertz CT molecular complexity index is 245. The summed E-state index contributed by atoms with van der Waals surface area (Å²) in [6, 6.07) is 0.756. The van der Waals surface area contributed by atoms with Crippen molar-refractivity contribution in [2.24, 2.45) is 5.92 Å². The van der Waals surface area contributed by atoms with Gasteiger partial charge in [-0.1, -0.05) is 6.92 Å². The van der Waals surface area contributed by atoms with Crippen molar-refractivity contribution >= 4 is 5.97 Å². The van der Waals surface area contributed by atoms with Crippen LogP contribution in [0.4, 0.5) is 0 Å². The first-order valence-corrected chi connectivity index (χ1v) is 5.99. The van der Waals surface area contributed by atoms with Crippen LogP contribution in [-0.4, -0.2) is 49.7 Å². The van der Waals surface area contributed by atoms with Gasteiger partial charge in [-0.2, -0.15) is 0 Å². The van der Waals surface area contributed by atoms with Gasteiger partial charge in [0.05, 0.1) is 7.11 Å². The highest BCUT2D eigenvalue weighted by Gasteiger charge is 2.30. The van der Waals surface area contributed by atoms with Crippen molar-refractivity contribution in [1.82, 2.24) is 10.2 Å². The summed E-state index contributed by atoms with van der Waals surface area (Å²) in [4.78, 5) is 13.7. The molecule has 1 saturated heterocycles. The van der Waals surface area contributed by atoms with Crippen LogP contribution < -0.4 is 5.32 Å². The molecule has 1 fully saturated rings. The fourth-order valence-electron chi connectivity index (χ4n) is 2.34. The molecule has 1 aliphatic rings. The highest BCUT2D eigenvalue weighted by molar-refractivity contribution is 5.75. The number of ether oxygens (including phenoxy) is 1. The lowest BCUT2D eigenvalue weighted by Crippen LogP contribution is -2.54. The van der Waals surface area contributed by atoms with Crippen LogP contribution in [0.15, 0.2) is 0 Å². The van der Waals surface area contributed by atoms with Crippen LogP contribution in [0.5, 0.6) is 0 Å². The van der Waals surface area contributed by atoms with E-state index in [1.54, 1.807) is 0 Å². The third kappa shape index (κ3) is 3.19. The Labute approximate surface area is 98.3 Å². The summed E-state index contributed by atoms with van der Waals surface area (Å²) in [5.74, 6) is 0.382. The number of methoxy groups -OCH3 is 1. The minimum atomic E-state index is -0.215. The van der Waals surface area contributed by atoms with Crippen molar-refractivity contribution in [2.45, 2.75) is 45.3 Å². The summed E-state index contributed by atoms with van der Waals surface area (Å²) in [6.07, 6.45) is 1.08. The van der Waals surface area contributed by atoms with E-state index in [4.69, 9.17) is 4.74 Å². The first-order chi connectivity index (χ1) is 7.45. The van der Waals surface area contributed by atoms with Gasteiger partial charge in [0.25, 0.3) is 0 Å². The summed E-state index contributed by atoms with van der Waals surface area (Å²) in [5, 5.41) is 3.37. The van der Waals surface area contributed by atoms with Gasteiger partial charge in [-0.05, 0) is 33.2 Å². The number of carbonyl (C=O) groups excluding carboxylic acids is 1. The standard InChI is InChI=1S/C12H24N2O2/c1-8-7-14(4)9(2)6-11(8)13-10(3)12(15)16-5/h8-11,13H,6-7H2,1-5H3/t8?,9?,10-,11?/m0/s1. The predicted octanol–water partition coefficient (Wildman–Crippen LogP) is 0.866. The van der Waals surface area contributed by atoms with Gasteiger partial charge >= 0.3 is 5.97 Å². The molecule has 0 aromatic carbocycles. The van der Waals surface area contributed by atoms with Crippen LogP contribution in [0.1, 0.15) is 27.2 Å². The van der Waals surface area contributed by atoms with E-state index in [2.05, 4.69) is 31.1 Å². The van der Waals surface area contributed by atoms with E-state index < -0.39 is 0 Å². The molecule has 0 radical (unpaired) electrons. The number of nitrogens with one attached hydrogen (secondary N) is 1. The summed E-state index contributed by atoms with van der Waals surface area (Å²) < 4.78 is 4.72. The maximum atomic E-state index is 11.3. The minimum absolute atomic E-state index is 0.182. The van der Waals surface area contributed by atoms with Crippen molar-refractivity contribution in [1.29, 1.82) is 0 Å². The number of piperidine rings is 1. The van der Waals surface area contributed by atoms with Gasteiger partial charge in [0.1, 0.15) is 6.04 Å². The molecule has 3 unspecified atom stereocenters. The Hall–Kier alpha value is -0.610. The topological polar surface area (TPSA) is 41.6 Å². The molecular weight excluding hydrogens is 204 g/mol. The van der Waals surface area contributed by atoms with Crippen LogP contribution in [0, 0.1) is 5.92 Å². The van der Waals surface area contributed by atoms with Crippen molar-refractivity contribution < 1.29 is 9.53 Å². The first kappa shape index (κ1) is 13.5. The molecule has 1 rings (SSSR count). The van der Waals surface area contributed by atoms with Gasteiger partial charge < -0.3 is 15.0 Å². The van der Waals surface area contributed by atoms with Crippen molar-refractivity contribution in [3.63, 3.8) is 0 Å². The molecule has 0 spiro atoms. The Morgan fingerprint density at radius 3 is 2.69 bits per heavy atom. The number of esters is 1. The highest BCUT2D eigenvalue weighted by atomic mass is 16.5. The quantitative estimate of drug-likeness (QED) is 0.728. The zero-order valence-electron chi connectivity index (χ0n) is 11.0. The lowest BCUT2D eigenvalue weighted by Gasteiger charge is -2.40. The van der Waals surface area contributed by atoms with Crippen LogP contribution in [0.3, 0.4) is 0 Å². The summed E-state index contributed by atoms with van der Waals surface area (Å²) in [7, 11) is 3.59. The Morgan fingerprint density at radius 1 is 1.50 bits per heavy atom. The lowest BCUT2D eigenvalue weighted by atomic mass is 9.89. The summed E-state index contributed by atoms with van der Waals surface area (Å²) in [5.41, 5.74) is 0. The second kappa shape index (κ2) is 5.64. The molecule has 4 nitrogen and oxygen atoms in total. The highest BCUT2D eigenvalue weighted by Crippen LogP contribution is 2.21. The number of hydrogen-bond donors (Lipinski definition) is 1. The average Bonchev–Trinajstić information content (AvgIpc) is 2.24. The number of rotatable bonds is 3. The van der Waals surface area contributed by atoms with Crippen molar-refractivity contribution in [3.8, 4) is 0 Å². The molecule has 0 aliphatic carbocycles. The third-order valence-corrected chi connectivity index (χ3v) is 3.63. The molecule has 4 heteroatoms. The van der Waals surface area contributed by atoms with Crippen LogP contribution >= 0.6 is 0 Å². The smallest absolute Gasteiger partial charge is 0.322 e. The van der Waals surface area contributed by atoms with Crippen LogP contribution in [-0.2, 0) is 9.53 Å². The first-order valence-electron chi connectivity index (χ1n) is 5.99. The van der Waals surface area contributed by atoms with E-state index in [0.29, 0.717) is 18.0 Å². The number of likely N-dealkylation sites (tertiary alicyclic amines) is 1. The van der Waals surface area contributed by atoms with Crippen molar-refractivity contribution in [2.75, 3.05) is 20.7 Å². The summed E-state index contributed by atoms with van der Waals surface area (Å²) in [6.45, 7) is 7.39. The molecule has 16 heavy (non-hydrogen) atoms. The molecule has 0 saturated carbocycles. The second-order valence-corrected chi connectivity index (χ2v) is 5.02. The normalized spacial score (nSPS) is 33.4. The zero-order chi connectivity index (χ0) is 12.3. The molecule has 0 aromatic heterocycles. The molecule has 0 aromatic rings. The lowest BCUT2D eigenvalue weighted by molar-refractivity contribution is -0.143. The molecule has 0 bridgehead atoms. The van der Waals surface area contributed by atoms with E-state index in [1.165, 1.54) is 7.11 Å². The van der Waals surface area contributed by atoms with Gasteiger partial charge in [-0.25, -0.2) is 0 Å². The largest absolute Gasteiger partial charge is 0.468 e. The maximum absolute atomic E-state index is 11.3. The van der Waals surface area contributed by atoms with E-state index in [1.807, 2.05) is 6.92 Å². The van der Waals surface area contributed by atoms with E-state index in [0.717, 1.165) is 13.0 Å². The van der Waals surface area contributed by atoms with E-state index in [-0.39, 0.29) is 12.0 Å². The number of hydrogen-bond acceptors (Lipinski definition) is 4. The Morgan fingerprint density at radius 2 is 2.12 bits per heavy atom. The van der Waals surface area contributed by atoms with Gasteiger partial charge in [0.2, 0.25) is 0 Å². The number of nitrogens with zero attached hydrogens (tertiary/aromatic N) is 1. The maximum Gasteiger partial charge on any atom is 0.322 e. The predicted molar refractivity (Wildman–Crippen MR) is 64.3 cm³/mol. The van der Waals surface area contributed by atoms with Crippen LogP contribution in [0.25, 0.3) is 0 Å². The molecule has 1 heterocycles. The fraction of sp³-hybridized carbons (Fsp3) is 0.917. The zero-order valence-corrected chi connectivity index (χ0v) is 11.0. The SMILES string of the molecule is COC(=O)[C@H](C)NC1CC(C)N(C)CC1C. The van der Waals surface area contributed by atoms with Crippen LogP contribution in [0.2, 0.25) is 0 Å². The molecule has 4 atom stereocenters. The van der Waals surface area contributed by atoms with E-state index >= 15 is 0 Å². The molecular formula is C12H24N2O2. The summed E-state index contributed by atoms with van der Waals surface area (Å²) >= 11 is 0. The molecule has 1 N–H and O–H groups in total. The monoisotopic (exact) mass is 228 g/mol. The van der Waals surface area contributed by atoms with Gasteiger partial charge in [0, 0.05) is 18.6 Å². The molecule has 1 aliphatic heterocycles. The molecule has 94 valence electrons. The Balaban J connectivity index is 2.50. The Kier molecular flexibility index (Phi) is 4.74. The molecule has 0 amide bonds. The van der Waals surface area contributed by atoms with E-state index in [9.17, 15) is 4.79 Å². The van der Waals surface area contributed by atoms with Gasteiger partial charge in [-0.15, -0.1) is 0 Å². The third-order valence-electron chi connectivity index (χ3n) is 3.63. The van der Waals surface area contributed by atoms with Gasteiger partial charge in [0.15, 0.2) is 0 Å². The number of carbonyl (C=O) groups is 1. The van der Waals surface area contributed by atoms with Crippen molar-refractivity contribution in [3.05, 3.63) is 0 Å². The fourth-order valence-corrected chi connectivity index (χ4v) is 2.34. The minimum Gasteiger partial charge on any atom is -0.468 e. The van der Waals surface area contributed by atoms with Gasteiger partial charge in [-0.3, -0.25) is 4.79 Å². The second-order valence-electron chi connectivity index (χ2n) is 5.02.